The van der Waals surface area contributed by atoms with Gasteiger partial charge < -0.3 is 14.7 Å². The fraction of sp³-hybridized carbons (Fsp3) is 0.975. The van der Waals surface area contributed by atoms with Crippen molar-refractivity contribution in [3.63, 3.8) is 0 Å². The van der Waals surface area contributed by atoms with Crippen LogP contribution in [-0.2, 0) is 18.4 Å². The van der Waals surface area contributed by atoms with Crippen molar-refractivity contribution in [1.29, 1.82) is 0 Å². The summed E-state index contributed by atoms with van der Waals surface area (Å²) >= 11 is 1.80. The van der Waals surface area contributed by atoms with E-state index in [1.54, 1.807) is 11.8 Å². The minimum atomic E-state index is -4.17. The number of hydrogen-bond donors (Lipinski definition) is 2. The number of nitrogens with zero attached hydrogens (tertiary/aromatic N) is 1. The second-order valence-electron chi connectivity index (χ2n) is 15.5. The SMILES string of the molecule is CCCCCCCCCCCCCCCCSCC(COP(=O)(O)OCC[N+](C)(C)C)NC(=O)CCCCCCCCCCCCCCC. The number of carbonyl (C=O) groups excluding carboxylic acids is 1. The molecule has 2 N–H and O–H groups in total. The predicted octanol–water partition coefficient (Wildman–Crippen LogP) is 12.0. The van der Waals surface area contributed by atoms with Crippen molar-refractivity contribution in [2.75, 3.05) is 52.4 Å². The lowest BCUT2D eigenvalue weighted by atomic mass is 10.0. The lowest BCUT2D eigenvalue weighted by Gasteiger charge is -2.24. The van der Waals surface area contributed by atoms with Gasteiger partial charge in [-0.25, -0.2) is 4.57 Å². The monoisotopic (exact) mass is 736 g/mol. The molecule has 0 aliphatic carbocycles. The zero-order chi connectivity index (χ0) is 36.3. The fourth-order valence-electron chi connectivity index (χ4n) is 6.01. The molecular formula is C40H84N2O5PS+. The molecule has 0 aliphatic rings. The highest BCUT2D eigenvalue weighted by Crippen LogP contribution is 2.43. The van der Waals surface area contributed by atoms with Gasteiger partial charge in [0, 0.05) is 12.2 Å². The lowest BCUT2D eigenvalue weighted by Crippen LogP contribution is -2.40. The molecular weight excluding hydrogens is 651 g/mol. The van der Waals surface area contributed by atoms with E-state index in [1.165, 1.54) is 154 Å². The molecule has 0 saturated carbocycles. The number of thioether (sulfide) groups is 1. The summed E-state index contributed by atoms with van der Waals surface area (Å²) in [5.41, 5.74) is 0. The van der Waals surface area contributed by atoms with Crippen LogP contribution in [0, 0.1) is 0 Å². The second kappa shape index (κ2) is 34.9. The first kappa shape index (κ1) is 48.9. The first-order chi connectivity index (χ1) is 23.6. The van der Waals surface area contributed by atoms with Gasteiger partial charge in [-0.1, -0.05) is 174 Å². The summed E-state index contributed by atoms with van der Waals surface area (Å²) < 4.78 is 23.7. The largest absolute Gasteiger partial charge is 0.472 e. The summed E-state index contributed by atoms with van der Waals surface area (Å²) in [5, 5.41) is 3.09. The van der Waals surface area contributed by atoms with E-state index < -0.39 is 7.82 Å². The minimum absolute atomic E-state index is 0.00693. The van der Waals surface area contributed by atoms with Crippen LogP contribution >= 0.6 is 19.6 Å². The lowest BCUT2D eigenvalue weighted by molar-refractivity contribution is -0.870. The van der Waals surface area contributed by atoms with E-state index in [0.717, 1.165) is 25.0 Å². The van der Waals surface area contributed by atoms with Crippen molar-refractivity contribution in [1.82, 2.24) is 5.32 Å². The van der Waals surface area contributed by atoms with Crippen molar-refractivity contribution in [2.24, 2.45) is 0 Å². The van der Waals surface area contributed by atoms with Crippen LogP contribution in [0.5, 0.6) is 0 Å². The summed E-state index contributed by atoms with van der Waals surface area (Å²) in [6, 6.07) is -0.311. The number of unbranched alkanes of at least 4 members (excludes halogenated alkanes) is 25. The number of quaternary nitrogens is 1. The molecule has 2 unspecified atom stereocenters. The van der Waals surface area contributed by atoms with Crippen molar-refractivity contribution in [2.45, 2.75) is 200 Å². The number of carbonyl (C=O) groups is 1. The Morgan fingerprint density at radius 3 is 1.43 bits per heavy atom. The maximum Gasteiger partial charge on any atom is 0.472 e. The maximum atomic E-state index is 12.8. The molecule has 7 nitrogen and oxygen atoms in total. The third-order valence-electron chi connectivity index (χ3n) is 9.29. The summed E-state index contributed by atoms with van der Waals surface area (Å²) in [4.78, 5) is 23.0. The molecule has 294 valence electrons. The molecule has 0 heterocycles. The molecule has 1 amide bonds. The zero-order valence-electron chi connectivity index (χ0n) is 33.3. The molecule has 0 aromatic rings. The van der Waals surface area contributed by atoms with Gasteiger partial charge in [-0.2, -0.15) is 11.8 Å². The zero-order valence-corrected chi connectivity index (χ0v) is 35.0. The average molecular weight is 736 g/mol. The van der Waals surface area contributed by atoms with E-state index in [2.05, 4.69) is 19.2 Å². The summed E-state index contributed by atoms with van der Waals surface area (Å²) in [6.07, 6.45) is 36.0. The van der Waals surface area contributed by atoms with Gasteiger partial charge in [0.25, 0.3) is 0 Å². The Bertz CT molecular complexity index is 767. The molecule has 0 aliphatic heterocycles. The summed E-state index contributed by atoms with van der Waals surface area (Å²) in [7, 11) is 1.84. The van der Waals surface area contributed by atoms with E-state index in [9.17, 15) is 14.3 Å². The molecule has 0 saturated heterocycles. The Balaban J connectivity index is 4.22. The molecule has 0 bridgehead atoms. The van der Waals surface area contributed by atoms with Crippen LogP contribution in [0.3, 0.4) is 0 Å². The number of hydrogen-bond acceptors (Lipinski definition) is 5. The van der Waals surface area contributed by atoms with E-state index in [-0.39, 0.29) is 25.2 Å². The van der Waals surface area contributed by atoms with Gasteiger partial charge in [0.15, 0.2) is 0 Å². The second-order valence-corrected chi connectivity index (χ2v) is 18.1. The van der Waals surface area contributed by atoms with E-state index in [1.807, 2.05) is 21.1 Å². The van der Waals surface area contributed by atoms with Gasteiger partial charge >= 0.3 is 7.82 Å². The molecule has 0 aromatic carbocycles. The molecule has 2 atom stereocenters. The average Bonchev–Trinajstić information content (AvgIpc) is 3.04. The van der Waals surface area contributed by atoms with Crippen LogP contribution in [0.2, 0.25) is 0 Å². The van der Waals surface area contributed by atoms with Crippen LogP contribution in [0.25, 0.3) is 0 Å². The standard InChI is InChI=1S/C40H83N2O5PS/c1-6-8-10-12-14-16-18-20-22-24-26-28-30-32-36-49-38-39(37-47-48(44,45)46-35-34-42(3,4)5)41-40(43)33-31-29-27-25-23-21-19-17-15-13-11-9-7-2/h39H,6-38H2,1-5H3,(H-,41,43,44,45)/p+1. The van der Waals surface area contributed by atoms with Crippen LogP contribution in [0.1, 0.15) is 194 Å². The third kappa shape index (κ3) is 38.9. The summed E-state index contributed by atoms with van der Waals surface area (Å²) in [6.45, 7) is 5.27. The molecule has 9 heteroatoms. The highest BCUT2D eigenvalue weighted by molar-refractivity contribution is 7.99. The number of phosphoric ester groups is 1. The van der Waals surface area contributed by atoms with Gasteiger partial charge in [0.05, 0.1) is 33.8 Å². The Hall–Kier alpha value is -0.110. The quantitative estimate of drug-likeness (QED) is 0.0371. The minimum Gasteiger partial charge on any atom is -0.350 e. The van der Waals surface area contributed by atoms with Crippen LogP contribution in [-0.4, -0.2) is 73.7 Å². The number of nitrogens with one attached hydrogen (secondary N) is 1. The van der Waals surface area contributed by atoms with Gasteiger partial charge in [0.1, 0.15) is 13.2 Å². The van der Waals surface area contributed by atoms with Crippen molar-refractivity contribution in [3.05, 3.63) is 0 Å². The van der Waals surface area contributed by atoms with Gasteiger partial charge in [-0.05, 0) is 18.6 Å². The Morgan fingerprint density at radius 2 is 1.02 bits per heavy atom. The van der Waals surface area contributed by atoms with E-state index in [4.69, 9.17) is 9.05 Å². The smallest absolute Gasteiger partial charge is 0.350 e. The Labute approximate surface area is 309 Å². The molecule has 0 fully saturated rings. The van der Waals surface area contributed by atoms with Crippen molar-refractivity contribution < 1.29 is 27.8 Å². The normalized spacial score (nSPS) is 13.8. The number of phosphoric acid groups is 1. The predicted molar refractivity (Wildman–Crippen MR) is 215 cm³/mol. The van der Waals surface area contributed by atoms with Gasteiger partial charge in [-0.15, -0.1) is 0 Å². The first-order valence-corrected chi connectivity index (χ1v) is 23.5. The van der Waals surface area contributed by atoms with Crippen LogP contribution in [0.4, 0.5) is 0 Å². The van der Waals surface area contributed by atoms with E-state index >= 15 is 0 Å². The van der Waals surface area contributed by atoms with Crippen molar-refractivity contribution >= 4 is 25.5 Å². The summed E-state index contributed by atoms with van der Waals surface area (Å²) in [5.74, 6) is 1.70. The molecule has 0 radical (unpaired) electrons. The first-order valence-electron chi connectivity index (χ1n) is 20.9. The number of amides is 1. The molecule has 49 heavy (non-hydrogen) atoms. The fourth-order valence-corrected chi connectivity index (χ4v) is 7.80. The van der Waals surface area contributed by atoms with Gasteiger partial charge in [-0.3, -0.25) is 13.8 Å². The topological polar surface area (TPSA) is 84.9 Å². The van der Waals surface area contributed by atoms with Gasteiger partial charge in [0.2, 0.25) is 5.91 Å². The third-order valence-corrected chi connectivity index (χ3v) is 11.5. The molecule has 0 rings (SSSR count). The number of rotatable bonds is 39. The highest BCUT2D eigenvalue weighted by atomic mass is 32.2. The van der Waals surface area contributed by atoms with Crippen molar-refractivity contribution in [3.8, 4) is 0 Å². The Kier molecular flexibility index (Phi) is 34.9. The molecule has 0 aromatic heterocycles. The van der Waals surface area contributed by atoms with Crippen LogP contribution in [0.15, 0.2) is 0 Å². The van der Waals surface area contributed by atoms with Crippen LogP contribution < -0.4 is 5.32 Å². The highest BCUT2D eigenvalue weighted by Gasteiger charge is 2.25. The van der Waals surface area contributed by atoms with E-state index in [0.29, 0.717) is 23.2 Å². The maximum absolute atomic E-state index is 12.8. The molecule has 0 spiro atoms. The number of likely N-dealkylation sites (N-methyl/N-ethyl adjacent to an activating group) is 1. The Morgan fingerprint density at radius 1 is 0.633 bits per heavy atom.